The summed E-state index contributed by atoms with van der Waals surface area (Å²) in [4.78, 5) is 51.4. The second kappa shape index (κ2) is 12.6. The van der Waals surface area contributed by atoms with Gasteiger partial charge in [0.1, 0.15) is 18.1 Å². The number of thiol groups is 1. The van der Waals surface area contributed by atoms with E-state index in [-0.39, 0.29) is 18.1 Å². The van der Waals surface area contributed by atoms with Crippen LogP contribution >= 0.6 is 12.6 Å². The van der Waals surface area contributed by atoms with Gasteiger partial charge in [0.15, 0.2) is 0 Å². The lowest BCUT2D eigenvalue weighted by atomic mass is 10.0. The molecule has 1 aromatic carbocycles. The molecule has 1 saturated heterocycles. The average molecular weight is 479 g/mol. The van der Waals surface area contributed by atoms with Gasteiger partial charge in [-0.2, -0.15) is 12.6 Å². The minimum Gasteiger partial charge on any atom is -0.480 e. The molecule has 0 bridgehead atoms. The standard InChI is InChI=1S/C23H34N4O5S/c1-14(2)11-17(23(31)32)25-21(29)19-9-6-10-27(19)22(30)18(13-33)26-20(28)16(24)12-15-7-4-3-5-8-15/h3-5,7-8,14,16-19,33H,6,9-13,24H2,1-2H3,(H,25,29)(H,26,28)(H,31,32). The maximum Gasteiger partial charge on any atom is 0.326 e. The molecule has 4 atom stereocenters. The van der Waals surface area contributed by atoms with Gasteiger partial charge in [-0.3, -0.25) is 14.4 Å². The number of hydrogen-bond donors (Lipinski definition) is 5. The van der Waals surface area contributed by atoms with Crippen LogP contribution in [-0.2, 0) is 25.6 Å². The molecule has 0 aromatic heterocycles. The molecule has 4 unspecified atom stereocenters. The van der Waals surface area contributed by atoms with Gasteiger partial charge >= 0.3 is 5.97 Å². The van der Waals surface area contributed by atoms with Gasteiger partial charge in [0.2, 0.25) is 17.7 Å². The number of carbonyl (C=O) groups is 4. The summed E-state index contributed by atoms with van der Waals surface area (Å²) in [5, 5.41) is 14.6. The summed E-state index contributed by atoms with van der Waals surface area (Å²) in [5.74, 6) is -2.40. The number of carboxylic acids is 1. The van der Waals surface area contributed by atoms with Gasteiger partial charge < -0.3 is 26.4 Å². The molecular formula is C23H34N4O5S. The molecule has 182 valence electrons. The quantitative estimate of drug-likeness (QED) is 0.295. The molecule has 9 nitrogen and oxygen atoms in total. The highest BCUT2D eigenvalue weighted by Crippen LogP contribution is 2.20. The summed E-state index contributed by atoms with van der Waals surface area (Å²) in [6.45, 7) is 4.08. The molecule has 0 saturated carbocycles. The van der Waals surface area contributed by atoms with E-state index in [1.54, 1.807) is 0 Å². The molecular weight excluding hydrogens is 444 g/mol. The maximum atomic E-state index is 13.1. The second-order valence-electron chi connectivity index (χ2n) is 8.76. The molecule has 33 heavy (non-hydrogen) atoms. The molecule has 1 fully saturated rings. The van der Waals surface area contributed by atoms with E-state index in [4.69, 9.17) is 5.73 Å². The fourth-order valence-corrected chi connectivity index (χ4v) is 4.14. The number of nitrogens with two attached hydrogens (primary N) is 1. The van der Waals surface area contributed by atoms with E-state index in [0.717, 1.165) is 5.56 Å². The van der Waals surface area contributed by atoms with Crippen molar-refractivity contribution < 1.29 is 24.3 Å². The van der Waals surface area contributed by atoms with Crippen molar-refractivity contribution in [3.05, 3.63) is 35.9 Å². The summed E-state index contributed by atoms with van der Waals surface area (Å²) in [7, 11) is 0. The van der Waals surface area contributed by atoms with Crippen LogP contribution in [0.1, 0.15) is 38.7 Å². The van der Waals surface area contributed by atoms with Gasteiger partial charge in [-0.1, -0.05) is 44.2 Å². The van der Waals surface area contributed by atoms with Gasteiger partial charge in [0, 0.05) is 12.3 Å². The highest BCUT2D eigenvalue weighted by Gasteiger charge is 2.38. The Morgan fingerprint density at radius 3 is 2.39 bits per heavy atom. The number of benzene rings is 1. The third-order valence-electron chi connectivity index (χ3n) is 5.59. The minimum absolute atomic E-state index is 0.0402. The third kappa shape index (κ3) is 7.75. The first-order chi connectivity index (χ1) is 15.6. The Hall–Kier alpha value is -2.59. The van der Waals surface area contributed by atoms with Crippen molar-refractivity contribution in [2.75, 3.05) is 12.3 Å². The SMILES string of the molecule is CC(C)CC(NC(=O)C1CCCN1C(=O)C(CS)NC(=O)C(N)Cc1ccccc1)C(=O)O. The number of nitrogens with zero attached hydrogens (tertiary/aromatic N) is 1. The summed E-state index contributed by atoms with van der Waals surface area (Å²) in [6.07, 6.45) is 1.64. The molecule has 0 aliphatic carbocycles. The highest BCUT2D eigenvalue weighted by atomic mass is 32.1. The Bertz CT molecular complexity index is 835. The summed E-state index contributed by atoms with van der Waals surface area (Å²) in [5.41, 5.74) is 6.92. The van der Waals surface area contributed by atoms with E-state index in [1.807, 2.05) is 44.2 Å². The van der Waals surface area contributed by atoms with Crippen molar-refractivity contribution in [2.45, 2.75) is 63.7 Å². The minimum atomic E-state index is -1.11. The van der Waals surface area contributed by atoms with Crippen LogP contribution in [0.4, 0.5) is 0 Å². The summed E-state index contributed by atoms with van der Waals surface area (Å²) < 4.78 is 0. The largest absolute Gasteiger partial charge is 0.480 e. The number of likely N-dealkylation sites (tertiary alicyclic amines) is 1. The van der Waals surface area contributed by atoms with E-state index in [9.17, 15) is 24.3 Å². The molecule has 10 heteroatoms. The van der Waals surface area contributed by atoms with Crippen molar-refractivity contribution in [3.8, 4) is 0 Å². The Labute approximate surface area is 199 Å². The number of aliphatic carboxylic acids is 1. The first-order valence-electron chi connectivity index (χ1n) is 11.2. The topological polar surface area (TPSA) is 142 Å². The van der Waals surface area contributed by atoms with E-state index in [2.05, 4.69) is 23.3 Å². The predicted octanol–water partition coefficient (Wildman–Crippen LogP) is 0.578. The molecule has 2 rings (SSSR count). The fraction of sp³-hybridized carbons (Fsp3) is 0.565. The average Bonchev–Trinajstić information content (AvgIpc) is 3.26. The zero-order chi connectivity index (χ0) is 24.5. The van der Waals surface area contributed by atoms with Crippen LogP contribution in [0, 0.1) is 5.92 Å². The zero-order valence-corrected chi connectivity index (χ0v) is 20.0. The van der Waals surface area contributed by atoms with E-state index in [0.29, 0.717) is 25.8 Å². The van der Waals surface area contributed by atoms with Crippen LogP contribution < -0.4 is 16.4 Å². The van der Waals surface area contributed by atoms with Crippen LogP contribution in [0.25, 0.3) is 0 Å². The molecule has 1 aliphatic rings. The fourth-order valence-electron chi connectivity index (χ4n) is 3.89. The van der Waals surface area contributed by atoms with Gasteiger partial charge in [-0.25, -0.2) is 4.79 Å². The lowest BCUT2D eigenvalue weighted by Crippen LogP contribution is -2.57. The van der Waals surface area contributed by atoms with Crippen molar-refractivity contribution in [2.24, 2.45) is 11.7 Å². The Kier molecular flexibility index (Phi) is 10.2. The molecule has 3 amide bonds. The highest BCUT2D eigenvalue weighted by molar-refractivity contribution is 7.80. The number of rotatable bonds is 11. The van der Waals surface area contributed by atoms with Crippen LogP contribution in [0.2, 0.25) is 0 Å². The summed E-state index contributed by atoms with van der Waals surface area (Å²) in [6, 6.07) is 5.72. The Morgan fingerprint density at radius 2 is 1.82 bits per heavy atom. The van der Waals surface area contributed by atoms with Crippen molar-refractivity contribution >= 4 is 36.3 Å². The Morgan fingerprint density at radius 1 is 1.15 bits per heavy atom. The molecule has 1 aromatic rings. The van der Waals surface area contributed by atoms with Crippen LogP contribution in [0.15, 0.2) is 30.3 Å². The predicted molar refractivity (Wildman–Crippen MR) is 128 cm³/mol. The zero-order valence-electron chi connectivity index (χ0n) is 19.1. The lowest BCUT2D eigenvalue weighted by Gasteiger charge is -2.29. The number of amides is 3. The normalized spacial score (nSPS) is 18.5. The number of nitrogens with one attached hydrogen (secondary N) is 2. The van der Waals surface area contributed by atoms with Gasteiger partial charge in [-0.15, -0.1) is 0 Å². The van der Waals surface area contributed by atoms with Crippen LogP contribution in [0.5, 0.6) is 0 Å². The smallest absolute Gasteiger partial charge is 0.326 e. The molecule has 5 N–H and O–H groups in total. The number of carbonyl (C=O) groups excluding carboxylic acids is 3. The molecule has 1 heterocycles. The van der Waals surface area contributed by atoms with Crippen molar-refractivity contribution in [1.29, 1.82) is 0 Å². The Balaban J connectivity index is 2.01. The van der Waals surface area contributed by atoms with Gasteiger partial charge in [0.25, 0.3) is 0 Å². The first kappa shape index (κ1) is 26.7. The van der Waals surface area contributed by atoms with Crippen molar-refractivity contribution in [1.82, 2.24) is 15.5 Å². The molecule has 0 spiro atoms. The monoisotopic (exact) mass is 478 g/mol. The third-order valence-corrected chi connectivity index (χ3v) is 5.96. The lowest BCUT2D eigenvalue weighted by molar-refractivity contribution is -0.145. The first-order valence-corrected chi connectivity index (χ1v) is 11.8. The molecule has 0 radical (unpaired) electrons. The number of hydrogen-bond acceptors (Lipinski definition) is 6. The van der Waals surface area contributed by atoms with E-state index < -0.39 is 47.9 Å². The molecule has 1 aliphatic heterocycles. The number of carboxylic acid groups (broad SMARTS) is 1. The summed E-state index contributed by atoms with van der Waals surface area (Å²) >= 11 is 4.21. The van der Waals surface area contributed by atoms with Gasteiger partial charge in [-0.05, 0) is 37.2 Å². The van der Waals surface area contributed by atoms with Crippen LogP contribution in [0.3, 0.4) is 0 Å². The second-order valence-corrected chi connectivity index (χ2v) is 9.12. The van der Waals surface area contributed by atoms with E-state index >= 15 is 0 Å². The van der Waals surface area contributed by atoms with Crippen molar-refractivity contribution in [3.63, 3.8) is 0 Å². The maximum absolute atomic E-state index is 13.1. The van der Waals surface area contributed by atoms with Gasteiger partial charge in [0.05, 0.1) is 6.04 Å². The van der Waals surface area contributed by atoms with Crippen LogP contribution in [-0.4, -0.2) is 70.2 Å². The van der Waals surface area contributed by atoms with E-state index in [1.165, 1.54) is 4.90 Å².